The van der Waals surface area contributed by atoms with Gasteiger partial charge in [-0.15, -0.1) is 0 Å². The molecule has 0 radical (unpaired) electrons. The molecule has 0 bridgehead atoms. The first-order chi connectivity index (χ1) is 15.4. The number of carbonyl (C=O) groups excluding carboxylic acids is 2. The van der Waals surface area contributed by atoms with Crippen LogP contribution in [0.15, 0.2) is 30.3 Å². The first-order valence-corrected chi connectivity index (χ1v) is 20.2. The molecule has 0 spiro atoms. The first-order valence-electron chi connectivity index (χ1n) is 11.9. The van der Waals surface area contributed by atoms with Gasteiger partial charge in [-0.25, -0.2) is 0 Å². The summed E-state index contributed by atoms with van der Waals surface area (Å²) in [6.45, 7) is 6.88. The zero-order valence-electron chi connectivity index (χ0n) is 20.3. The molecular formula is C26H38O4SSn. The van der Waals surface area contributed by atoms with Gasteiger partial charge in [0, 0.05) is 0 Å². The van der Waals surface area contributed by atoms with Gasteiger partial charge in [0.05, 0.1) is 0 Å². The topological polar surface area (TPSA) is 52.6 Å². The second-order valence-electron chi connectivity index (χ2n) is 8.54. The van der Waals surface area contributed by atoms with Crippen LogP contribution < -0.4 is 2.89 Å². The molecule has 0 saturated carbocycles. The predicted molar refractivity (Wildman–Crippen MR) is 137 cm³/mol. The average Bonchev–Trinajstić information content (AvgIpc) is 3.33. The molecule has 1 heterocycles. The first kappa shape index (κ1) is 26.9. The number of rotatable bonds is 13. The van der Waals surface area contributed by atoms with Gasteiger partial charge < -0.3 is 0 Å². The molecule has 4 nitrogen and oxygen atoms in total. The Hall–Kier alpha value is -1.34. The maximum atomic E-state index is 12.2. The third-order valence-electron chi connectivity index (χ3n) is 6.22. The fraction of sp³-hybridized carbons (Fsp3) is 0.538. The number of thiophene rings is 1. The summed E-state index contributed by atoms with van der Waals surface area (Å²) in [4.78, 5) is 25.5. The zero-order valence-corrected chi connectivity index (χ0v) is 24.0. The average molecular weight is 565 g/mol. The summed E-state index contributed by atoms with van der Waals surface area (Å²) < 4.78 is 15.7. The minimum absolute atomic E-state index is 0.373. The van der Waals surface area contributed by atoms with Crippen LogP contribution >= 0.6 is 11.3 Å². The van der Waals surface area contributed by atoms with Crippen molar-refractivity contribution < 1.29 is 19.1 Å². The molecule has 0 amide bonds. The summed E-state index contributed by atoms with van der Waals surface area (Å²) in [6, 6.07) is 9.75. The molecule has 0 saturated heterocycles. The molecule has 176 valence electrons. The SMILES string of the molecule is CCC[CH2][Sn]([CH2]CCC)([CH2]CCC)[c]1ccc(-c2cc(C(=O)OC)cc(C(=O)OC)c2)s1. The van der Waals surface area contributed by atoms with E-state index in [2.05, 4.69) is 32.9 Å². The van der Waals surface area contributed by atoms with Crippen molar-refractivity contribution in [2.24, 2.45) is 0 Å². The maximum absolute atomic E-state index is 12.2. The van der Waals surface area contributed by atoms with E-state index in [0.717, 1.165) is 10.4 Å². The van der Waals surface area contributed by atoms with E-state index in [4.69, 9.17) is 9.47 Å². The zero-order chi connectivity index (χ0) is 23.6. The van der Waals surface area contributed by atoms with E-state index in [9.17, 15) is 9.59 Å². The summed E-state index contributed by atoms with van der Waals surface area (Å²) in [5.74, 6) is -0.896. The second-order valence-corrected chi connectivity index (χ2v) is 23.8. The van der Waals surface area contributed by atoms with Crippen molar-refractivity contribution >= 4 is 44.5 Å². The van der Waals surface area contributed by atoms with Gasteiger partial charge in [-0.2, -0.15) is 0 Å². The Morgan fingerprint density at radius 1 is 0.781 bits per heavy atom. The molecule has 0 aliphatic rings. The fourth-order valence-electron chi connectivity index (χ4n) is 4.31. The van der Waals surface area contributed by atoms with E-state index in [0.29, 0.717) is 11.1 Å². The van der Waals surface area contributed by atoms with Gasteiger partial charge >= 0.3 is 202 Å². The van der Waals surface area contributed by atoms with Crippen molar-refractivity contribution in [3.05, 3.63) is 41.5 Å². The Labute approximate surface area is 201 Å². The molecule has 2 aromatic rings. The fourth-order valence-corrected chi connectivity index (χ4v) is 24.4. The van der Waals surface area contributed by atoms with Gasteiger partial charge in [0.15, 0.2) is 0 Å². The molecule has 0 unspecified atom stereocenters. The summed E-state index contributed by atoms with van der Waals surface area (Å²) in [7, 11) is 2.71. The molecule has 0 aliphatic heterocycles. The van der Waals surface area contributed by atoms with Gasteiger partial charge in [0.1, 0.15) is 0 Å². The Balaban J connectivity index is 2.53. The molecule has 6 heteroatoms. The van der Waals surface area contributed by atoms with E-state index in [1.54, 1.807) is 8.96 Å². The molecule has 1 aromatic carbocycles. The monoisotopic (exact) mass is 566 g/mol. The molecule has 32 heavy (non-hydrogen) atoms. The van der Waals surface area contributed by atoms with Crippen LogP contribution in [-0.4, -0.2) is 44.5 Å². The van der Waals surface area contributed by atoms with Crippen LogP contribution in [0.2, 0.25) is 13.3 Å². The number of unbranched alkanes of at least 4 members (excludes halogenated alkanes) is 3. The number of esters is 2. The standard InChI is InChI=1S/C14H11O4S.3C4H9.Sn/c1-17-13(15)10-6-9(12-4-3-5-19-12)7-11(8-10)14(16)18-2;3*1-3-4-2;/h3-4,6-8H,1-2H3;3*1,3-4H2,2H3;. The van der Waals surface area contributed by atoms with Gasteiger partial charge in [-0.1, -0.05) is 0 Å². The van der Waals surface area contributed by atoms with Crippen LogP contribution in [0.4, 0.5) is 0 Å². The van der Waals surface area contributed by atoms with Gasteiger partial charge in [0.2, 0.25) is 0 Å². The van der Waals surface area contributed by atoms with E-state index >= 15 is 0 Å². The van der Waals surface area contributed by atoms with Crippen LogP contribution in [0.1, 0.15) is 80.0 Å². The van der Waals surface area contributed by atoms with E-state index in [1.165, 1.54) is 66.1 Å². The minimum atomic E-state index is -2.52. The van der Waals surface area contributed by atoms with E-state index in [1.807, 2.05) is 23.5 Å². The van der Waals surface area contributed by atoms with Crippen molar-refractivity contribution in [2.75, 3.05) is 14.2 Å². The molecule has 0 N–H and O–H groups in total. The molecule has 0 fully saturated rings. The van der Waals surface area contributed by atoms with Gasteiger partial charge in [-0.05, 0) is 0 Å². The number of methoxy groups -OCH3 is 2. The van der Waals surface area contributed by atoms with Crippen LogP contribution in [0, 0.1) is 0 Å². The number of benzene rings is 1. The van der Waals surface area contributed by atoms with Crippen LogP contribution in [-0.2, 0) is 9.47 Å². The Bertz CT molecular complexity index is 834. The summed E-state index contributed by atoms with van der Waals surface area (Å²) >= 11 is -0.628. The van der Waals surface area contributed by atoms with Crippen LogP contribution in [0.3, 0.4) is 0 Å². The normalized spacial score (nSPS) is 11.4. The van der Waals surface area contributed by atoms with E-state index in [-0.39, 0.29) is 0 Å². The quantitative estimate of drug-likeness (QED) is 0.193. The number of carbonyl (C=O) groups is 2. The Kier molecular flexibility index (Phi) is 11.3. The second kappa shape index (κ2) is 13.4. The van der Waals surface area contributed by atoms with Gasteiger partial charge in [-0.3, -0.25) is 0 Å². The molecular weight excluding hydrogens is 527 g/mol. The number of ether oxygens (including phenoxy) is 2. The summed E-state index contributed by atoms with van der Waals surface area (Å²) in [5.41, 5.74) is 1.63. The van der Waals surface area contributed by atoms with Crippen molar-refractivity contribution in [1.82, 2.24) is 0 Å². The van der Waals surface area contributed by atoms with Crippen molar-refractivity contribution in [3.8, 4) is 10.4 Å². The molecule has 2 rings (SSSR count). The van der Waals surface area contributed by atoms with Crippen molar-refractivity contribution in [2.45, 2.75) is 72.6 Å². The predicted octanol–water partition coefficient (Wildman–Crippen LogP) is 7.04. The third kappa shape index (κ3) is 6.83. The summed E-state index contributed by atoms with van der Waals surface area (Å²) in [6.07, 6.45) is 7.71. The van der Waals surface area contributed by atoms with Crippen molar-refractivity contribution in [3.63, 3.8) is 0 Å². The van der Waals surface area contributed by atoms with Crippen LogP contribution in [0.5, 0.6) is 0 Å². The van der Waals surface area contributed by atoms with E-state index < -0.39 is 30.3 Å². The number of hydrogen-bond donors (Lipinski definition) is 0. The van der Waals surface area contributed by atoms with Gasteiger partial charge in [0.25, 0.3) is 0 Å². The molecule has 1 aromatic heterocycles. The molecule has 0 aliphatic carbocycles. The summed E-state index contributed by atoms with van der Waals surface area (Å²) in [5, 5.41) is 0. The third-order valence-corrected chi connectivity index (χ3v) is 25.6. The Morgan fingerprint density at radius 3 is 1.66 bits per heavy atom. The van der Waals surface area contributed by atoms with Crippen molar-refractivity contribution in [1.29, 1.82) is 0 Å². The Morgan fingerprint density at radius 2 is 1.25 bits per heavy atom. The molecule has 0 atom stereocenters. The number of hydrogen-bond acceptors (Lipinski definition) is 5. The van der Waals surface area contributed by atoms with Crippen LogP contribution in [0.25, 0.3) is 10.4 Å².